The molecule has 98 valence electrons. The van der Waals surface area contributed by atoms with Crippen LogP contribution in [-0.4, -0.2) is 10.5 Å². The Kier molecular flexibility index (Phi) is 3.35. The van der Waals surface area contributed by atoms with Gasteiger partial charge in [0.2, 0.25) is 0 Å². The Morgan fingerprint density at radius 1 is 1.37 bits per heavy atom. The fourth-order valence-electron chi connectivity index (χ4n) is 2.12. The standard InChI is InChI=1S/C15H15IN2O/c1-10-4-5-11(9-13(10)16)17-15(19)14-3-2-8-18(14)12-6-7-12/h2-5,8-9,12H,6-7H2,1H3,(H,17,19). The molecule has 1 aliphatic rings. The van der Waals surface area contributed by atoms with E-state index in [9.17, 15) is 4.79 Å². The highest BCUT2D eigenvalue weighted by Gasteiger charge is 2.26. The second kappa shape index (κ2) is 5.00. The van der Waals surface area contributed by atoms with Gasteiger partial charge in [0.05, 0.1) is 0 Å². The van der Waals surface area contributed by atoms with Crippen LogP contribution < -0.4 is 5.32 Å². The Balaban J connectivity index is 1.80. The molecular weight excluding hydrogens is 351 g/mol. The molecule has 1 fully saturated rings. The van der Waals surface area contributed by atoms with Crippen LogP contribution in [0.15, 0.2) is 36.5 Å². The molecule has 0 spiro atoms. The van der Waals surface area contributed by atoms with Gasteiger partial charge in [0.1, 0.15) is 5.69 Å². The van der Waals surface area contributed by atoms with Crippen molar-refractivity contribution in [3.05, 3.63) is 51.4 Å². The van der Waals surface area contributed by atoms with Crippen LogP contribution in [-0.2, 0) is 0 Å². The number of carbonyl (C=O) groups excluding carboxylic acids is 1. The van der Waals surface area contributed by atoms with Crippen LogP contribution >= 0.6 is 22.6 Å². The summed E-state index contributed by atoms with van der Waals surface area (Å²) in [6.07, 6.45) is 4.35. The number of nitrogens with zero attached hydrogens (tertiary/aromatic N) is 1. The quantitative estimate of drug-likeness (QED) is 0.819. The maximum atomic E-state index is 12.3. The lowest BCUT2D eigenvalue weighted by Gasteiger charge is -2.09. The molecule has 1 aromatic heterocycles. The van der Waals surface area contributed by atoms with Crippen molar-refractivity contribution in [2.75, 3.05) is 5.32 Å². The summed E-state index contributed by atoms with van der Waals surface area (Å²) in [5, 5.41) is 2.97. The number of hydrogen-bond acceptors (Lipinski definition) is 1. The lowest BCUT2D eigenvalue weighted by Crippen LogP contribution is -2.16. The van der Waals surface area contributed by atoms with E-state index in [1.54, 1.807) is 0 Å². The molecule has 0 atom stereocenters. The predicted octanol–water partition coefficient (Wildman–Crippen LogP) is 3.99. The third kappa shape index (κ3) is 2.68. The zero-order valence-corrected chi connectivity index (χ0v) is 12.8. The summed E-state index contributed by atoms with van der Waals surface area (Å²) in [6, 6.07) is 10.3. The van der Waals surface area contributed by atoms with E-state index in [4.69, 9.17) is 0 Å². The van der Waals surface area contributed by atoms with Crippen molar-refractivity contribution in [3.8, 4) is 0 Å². The number of nitrogens with one attached hydrogen (secondary N) is 1. The van der Waals surface area contributed by atoms with Gasteiger partial charge in [-0.1, -0.05) is 6.07 Å². The zero-order chi connectivity index (χ0) is 13.4. The predicted molar refractivity (Wildman–Crippen MR) is 84.6 cm³/mol. The van der Waals surface area contributed by atoms with Crippen LogP contribution in [0.3, 0.4) is 0 Å². The molecule has 1 aliphatic carbocycles. The van der Waals surface area contributed by atoms with Crippen LogP contribution in [0.2, 0.25) is 0 Å². The van der Waals surface area contributed by atoms with Gasteiger partial charge in [-0.25, -0.2) is 0 Å². The van der Waals surface area contributed by atoms with E-state index in [1.165, 1.54) is 18.4 Å². The molecule has 0 bridgehead atoms. The summed E-state index contributed by atoms with van der Waals surface area (Å²) in [7, 11) is 0. The largest absolute Gasteiger partial charge is 0.340 e. The molecule has 2 aromatic rings. The van der Waals surface area contributed by atoms with Crippen molar-refractivity contribution in [1.82, 2.24) is 4.57 Å². The van der Waals surface area contributed by atoms with Crippen molar-refractivity contribution in [2.45, 2.75) is 25.8 Å². The lowest BCUT2D eigenvalue weighted by molar-refractivity contribution is 0.101. The molecule has 3 nitrogen and oxygen atoms in total. The van der Waals surface area contributed by atoms with E-state index in [-0.39, 0.29) is 5.91 Å². The molecule has 0 aliphatic heterocycles. The lowest BCUT2D eigenvalue weighted by atomic mass is 10.2. The van der Waals surface area contributed by atoms with Crippen molar-refractivity contribution in [1.29, 1.82) is 0 Å². The minimum Gasteiger partial charge on any atom is -0.340 e. The van der Waals surface area contributed by atoms with Gasteiger partial charge in [0, 0.05) is 21.5 Å². The Morgan fingerprint density at radius 3 is 2.84 bits per heavy atom. The van der Waals surface area contributed by atoms with Crippen molar-refractivity contribution in [2.24, 2.45) is 0 Å². The van der Waals surface area contributed by atoms with Crippen LogP contribution in [0, 0.1) is 10.5 Å². The number of hydrogen-bond donors (Lipinski definition) is 1. The number of anilines is 1. The van der Waals surface area contributed by atoms with Crippen LogP contribution in [0.4, 0.5) is 5.69 Å². The topological polar surface area (TPSA) is 34.0 Å². The summed E-state index contributed by atoms with van der Waals surface area (Å²) in [5.74, 6) is -0.0310. The second-order valence-electron chi connectivity index (χ2n) is 4.95. The summed E-state index contributed by atoms with van der Waals surface area (Å²) < 4.78 is 3.24. The number of rotatable bonds is 3. The van der Waals surface area contributed by atoms with Crippen LogP contribution in [0.5, 0.6) is 0 Å². The summed E-state index contributed by atoms with van der Waals surface area (Å²) in [5.41, 5.74) is 2.82. The van der Waals surface area contributed by atoms with E-state index in [2.05, 4.69) is 39.4 Å². The molecule has 0 saturated heterocycles. The van der Waals surface area contributed by atoms with Crippen LogP contribution in [0.1, 0.15) is 34.9 Å². The molecule has 1 saturated carbocycles. The average Bonchev–Trinajstić information content (AvgIpc) is 3.11. The smallest absolute Gasteiger partial charge is 0.272 e. The molecule has 19 heavy (non-hydrogen) atoms. The Bertz CT molecular complexity index is 629. The van der Waals surface area contributed by atoms with E-state index in [0.717, 1.165) is 15.0 Å². The van der Waals surface area contributed by atoms with E-state index in [1.807, 2.05) is 36.5 Å². The van der Waals surface area contributed by atoms with Gasteiger partial charge < -0.3 is 9.88 Å². The third-order valence-corrected chi connectivity index (χ3v) is 4.54. The first-order chi connectivity index (χ1) is 9.15. The van der Waals surface area contributed by atoms with E-state index >= 15 is 0 Å². The second-order valence-corrected chi connectivity index (χ2v) is 6.11. The highest BCUT2D eigenvalue weighted by molar-refractivity contribution is 14.1. The highest BCUT2D eigenvalue weighted by atomic mass is 127. The Hall–Kier alpha value is -1.30. The SMILES string of the molecule is Cc1ccc(NC(=O)c2cccn2C2CC2)cc1I. The molecule has 1 N–H and O–H groups in total. The molecule has 1 heterocycles. The first-order valence-corrected chi connectivity index (χ1v) is 7.47. The number of carbonyl (C=O) groups is 1. The number of halogens is 1. The molecule has 3 rings (SSSR count). The normalized spacial score (nSPS) is 14.4. The fourth-order valence-corrected chi connectivity index (χ4v) is 2.64. The minimum atomic E-state index is -0.0310. The van der Waals surface area contributed by atoms with Crippen molar-refractivity contribution >= 4 is 34.2 Å². The average molecular weight is 366 g/mol. The fraction of sp³-hybridized carbons (Fsp3) is 0.267. The van der Waals surface area contributed by atoms with Gasteiger partial charge in [-0.2, -0.15) is 0 Å². The third-order valence-electron chi connectivity index (χ3n) is 3.38. The van der Waals surface area contributed by atoms with E-state index in [0.29, 0.717) is 6.04 Å². The molecule has 4 heteroatoms. The van der Waals surface area contributed by atoms with Gasteiger partial charge in [-0.05, 0) is 72.2 Å². The monoisotopic (exact) mass is 366 g/mol. The number of aryl methyl sites for hydroxylation is 1. The first-order valence-electron chi connectivity index (χ1n) is 6.39. The first kappa shape index (κ1) is 12.7. The summed E-state index contributed by atoms with van der Waals surface area (Å²) in [6.45, 7) is 2.06. The number of benzene rings is 1. The minimum absolute atomic E-state index is 0.0310. The van der Waals surface area contributed by atoms with Gasteiger partial charge >= 0.3 is 0 Å². The van der Waals surface area contributed by atoms with E-state index < -0.39 is 0 Å². The maximum absolute atomic E-state index is 12.3. The highest BCUT2D eigenvalue weighted by Crippen LogP contribution is 2.36. The maximum Gasteiger partial charge on any atom is 0.272 e. The van der Waals surface area contributed by atoms with Crippen LogP contribution in [0.25, 0.3) is 0 Å². The molecule has 1 aromatic carbocycles. The Labute approximate surface area is 126 Å². The number of aromatic nitrogens is 1. The van der Waals surface area contributed by atoms with Crippen molar-refractivity contribution < 1.29 is 4.79 Å². The molecule has 1 amide bonds. The zero-order valence-electron chi connectivity index (χ0n) is 10.7. The van der Waals surface area contributed by atoms with Gasteiger partial charge in [0.25, 0.3) is 5.91 Å². The summed E-state index contributed by atoms with van der Waals surface area (Å²) in [4.78, 5) is 12.3. The van der Waals surface area contributed by atoms with Gasteiger partial charge in [0.15, 0.2) is 0 Å². The van der Waals surface area contributed by atoms with Crippen molar-refractivity contribution in [3.63, 3.8) is 0 Å². The molecule has 0 unspecified atom stereocenters. The Morgan fingerprint density at radius 2 is 2.16 bits per heavy atom. The molecular formula is C15H15IN2O. The summed E-state index contributed by atoms with van der Waals surface area (Å²) >= 11 is 2.28. The number of amides is 1. The van der Waals surface area contributed by atoms with Gasteiger partial charge in [-0.3, -0.25) is 4.79 Å². The van der Waals surface area contributed by atoms with Gasteiger partial charge in [-0.15, -0.1) is 0 Å². The molecule has 0 radical (unpaired) electrons.